The van der Waals surface area contributed by atoms with Gasteiger partial charge in [0.15, 0.2) is 0 Å². The number of methoxy groups -OCH3 is 1. The van der Waals surface area contributed by atoms with Crippen LogP contribution in [0, 0.1) is 6.92 Å². The van der Waals surface area contributed by atoms with Crippen LogP contribution in [-0.4, -0.2) is 13.7 Å². The zero-order chi connectivity index (χ0) is 13.2. The van der Waals surface area contributed by atoms with Crippen LogP contribution in [0.4, 0.5) is 5.69 Å². The third-order valence-corrected chi connectivity index (χ3v) is 3.44. The molecule has 0 saturated heterocycles. The molecule has 1 unspecified atom stereocenters. The first-order chi connectivity index (χ1) is 9.29. The van der Waals surface area contributed by atoms with Gasteiger partial charge >= 0.3 is 0 Å². The molecule has 2 aromatic rings. The number of rotatable bonds is 2. The number of anilines is 1. The lowest BCUT2D eigenvalue weighted by Gasteiger charge is -2.29. The standard InChI is InChI=1S/C16H17NO2/c1-11-6-5-8-13-16(11)19-15(10-17-13)12-7-3-4-9-14(12)18-2/h3-9,15,17H,10H2,1-2H3. The Kier molecular flexibility index (Phi) is 3.03. The molecule has 1 aliphatic heterocycles. The monoisotopic (exact) mass is 255 g/mol. The second-order valence-corrected chi connectivity index (χ2v) is 4.68. The van der Waals surface area contributed by atoms with E-state index in [0.29, 0.717) is 0 Å². The van der Waals surface area contributed by atoms with Crippen molar-refractivity contribution in [2.45, 2.75) is 13.0 Å². The Morgan fingerprint density at radius 1 is 1.16 bits per heavy atom. The first-order valence-electron chi connectivity index (χ1n) is 6.42. The molecule has 2 aromatic carbocycles. The molecule has 19 heavy (non-hydrogen) atoms. The van der Waals surface area contributed by atoms with Crippen molar-refractivity contribution in [3.05, 3.63) is 53.6 Å². The molecule has 0 saturated carbocycles. The van der Waals surface area contributed by atoms with Crippen LogP contribution in [0.5, 0.6) is 11.5 Å². The summed E-state index contributed by atoms with van der Waals surface area (Å²) in [5, 5.41) is 3.42. The fourth-order valence-electron chi connectivity index (χ4n) is 2.44. The predicted octanol–water partition coefficient (Wildman–Crippen LogP) is 3.55. The highest BCUT2D eigenvalue weighted by molar-refractivity contribution is 5.62. The molecule has 0 radical (unpaired) electrons. The lowest BCUT2D eigenvalue weighted by Crippen LogP contribution is -2.24. The number of para-hydroxylation sites is 2. The third-order valence-electron chi connectivity index (χ3n) is 3.44. The van der Waals surface area contributed by atoms with Crippen LogP contribution >= 0.6 is 0 Å². The van der Waals surface area contributed by atoms with E-state index in [-0.39, 0.29) is 6.10 Å². The molecule has 98 valence electrons. The second kappa shape index (κ2) is 4.84. The van der Waals surface area contributed by atoms with Gasteiger partial charge in [-0.25, -0.2) is 0 Å². The van der Waals surface area contributed by atoms with E-state index in [0.717, 1.165) is 34.9 Å². The van der Waals surface area contributed by atoms with Crippen LogP contribution in [0.3, 0.4) is 0 Å². The van der Waals surface area contributed by atoms with E-state index in [4.69, 9.17) is 9.47 Å². The quantitative estimate of drug-likeness (QED) is 0.890. The highest BCUT2D eigenvalue weighted by atomic mass is 16.5. The van der Waals surface area contributed by atoms with E-state index < -0.39 is 0 Å². The van der Waals surface area contributed by atoms with Gasteiger partial charge in [0.05, 0.1) is 19.3 Å². The normalized spacial score (nSPS) is 17.1. The third kappa shape index (κ3) is 2.12. The van der Waals surface area contributed by atoms with Gasteiger partial charge in [0.2, 0.25) is 0 Å². The molecule has 0 bridgehead atoms. The van der Waals surface area contributed by atoms with E-state index in [1.807, 2.05) is 30.3 Å². The van der Waals surface area contributed by atoms with Crippen LogP contribution < -0.4 is 14.8 Å². The molecule has 1 heterocycles. The first kappa shape index (κ1) is 11.9. The molecule has 0 fully saturated rings. The minimum absolute atomic E-state index is 0.0234. The predicted molar refractivity (Wildman–Crippen MR) is 76.0 cm³/mol. The van der Waals surface area contributed by atoms with Gasteiger partial charge in [-0.2, -0.15) is 0 Å². The van der Waals surface area contributed by atoms with Crippen molar-refractivity contribution >= 4 is 5.69 Å². The van der Waals surface area contributed by atoms with Gasteiger partial charge in [-0.15, -0.1) is 0 Å². The van der Waals surface area contributed by atoms with E-state index in [9.17, 15) is 0 Å². The average molecular weight is 255 g/mol. The van der Waals surface area contributed by atoms with Crippen LogP contribution in [0.15, 0.2) is 42.5 Å². The zero-order valence-corrected chi connectivity index (χ0v) is 11.1. The SMILES string of the molecule is COc1ccccc1C1CNc2cccc(C)c2O1. The molecule has 1 N–H and O–H groups in total. The van der Waals surface area contributed by atoms with Gasteiger partial charge in [0.25, 0.3) is 0 Å². The zero-order valence-electron chi connectivity index (χ0n) is 11.1. The van der Waals surface area contributed by atoms with Crippen LogP contribution in [-0.2, 0) is 0 Å². The van der Waals surface area contributed by atoms with Crippen molar-refractivity contribution in [3.63, 3.8) is 0 Å². The van der Waals surface area contributed by atoms with Crippen LogP contribution in [0.25, 0.3) is 0 Å². The second-order valence-electron chi connectivity index (χ2n) is 4.68. The Labute approximate surface area is 113 Å². The van der Waals surface area contributed by atoms with Gasteiger partial charge in [-0.05, 0) is 24.6 Å². The maximum Gasteiger partial charge on any atom is 0.146 e. The van der Waals surface area contributed by atoms with Crippen molar-refractivity contribution in [3.8, 4) is 11.5 Å². The van der Waals surface area contributed by atoms with Crippen LogP contribution in [0.1, 0.15) is 17.2 Å². The van der Waals surface area contributed by atoms with Gasteiger partial charge in [0.1, 0.15) is 17.6 Å². The maximum atomic E-state index is 6.15. The molecule has 3 heteroatoms. The molecule has 3 rings (SSSR count). The smallest absolute Gasteiger partial charge is 0.146 e. The molecule has 1 atom stereocenters. The molecule has 0 spiro atoms. The number of aryl methyl sites for hydroxylation is 1. The molecule has 0 aliphatic carbocycles. The summed E-state index contributed by atoms with van der Waals surface area (Å²) < 4.78 is 11.6. The van der Waals surface area contributed by atoms with E-state index in [1.165, 1.54) is 0 Å². The molecule has 1 aliphatic rings. The van der Waals surface area contributed by atoms with Crippen molar-refractivity contribution in [1.82, 2.24) is 0 Å². The Balaban J connectivity index is 1.95. The lowest BCUT2D eigenvalue weighted by atomic mass is 10.1. The Morgan fingerprint density at radius 2 is 2.00 bits per heavy atom. The highest BCUT2D eigenvalue weighted by Crippen LogP contribution is 2.38. The van der Waals surface area contributed by atoms with Gasteiger partial charge in [-0.3, -0.25) is 0 Å². The largest absolute Gasteiger partial charge is 0.496 e. The molecular formula is C16H17NO2. The minimum Gasteiger partial charge on any atom is -0.496 e. The number of hydrogen-bond acceptors (Lipinski definition) is 3. The summed E-state index contributed by atoms with van der Waals surface area (Å²) in [6, 6.07) is 14.1. The van der Waals surface area contributed by atoms with E-state index >= 15 is 0 Å². The average Bonchev–Trinajstić information content (AvgIpc) is 2.47. The number of ether oxygens (including phenoxy) is 2. The van der Waals surface area contributed by atoms with Gasteiger partial charge < -0.3 is 14.8 Å². The Morgan fingerprint density at radius 3 is 2.84 bits per heavy atom. The maximum absolute atomic E-state index is 6.15. The van der Waals surface area contributed by atoms with E-state index in [2.05, 4.69) is 24.4 Å². The fourth-order valence-corrected chi connectivity index (χ4v) is 2.44. The lowest BCUT2D eigenvalue weighted by molar-refractivity contribution is 0.204. The molecular weight excluding hydrogens is 238 g/mol. The molecule has 0 amide bonds. The minimum atomic E-state index is -0.0234. The summed E-state index contributed by atoms with van der Waals surface area (Å²) in [5.74, 6) is 1.80. The van der Waals surface area contributed by atoms with Crippen LogP contribution in [0.2, 0.25) is 0 Å². The Hall–Kier alpha value is -2.16. The summed E-state index contributed by atoms with van der Waals surface area (Å²) >= 11 is 0. The molecule has 3 nitrogen and oxygen atoms in total. The van der Waals surface area contributed by atoms with Crippen molar-refractivity contribution in [1.29, 1.82) is 0 Å². The highest BCUT2D eigenvalue weighted by Gasteiger charge is 2.24. The topological polar surface area (TPSA) is 30.5 Å². The number of benzene rings is 2. The number of fused-ring (bicyclic) bond motifs is 1. The fraction of sp³-hybridized carbons (Fsp3) is 0.250. The van der Waals surface area contributed by atoms with E-state index in [1.54, 1.807) is 7.11 Å². The number of nitrogens with one attached hydrogen (secondary N) is 1. The van der Waals surface area contributed by atoms with Gasteiger partial charge in [-0.1, -0.05) is 30.3 Å². The Bertz CT molecular complexity index is 595. The summed E-state index contributed by atoms with van der Waals surface area (Å²) in [5.41, 5.74) is 3.28. The van der Waals surface area contributed by atoms with Gasteiger partial charge in [0, 0.05) is 5.56 Å². The summed E-state index contributed by atoms with van der Waals surface area (Å²) in [6.45, 7) is 2.81. The van der Waals surface area contributed by atoms with Crippen molar-refractivity contribution in [2.24, 2.45) is 0 Å². The van der Waals surface area contributed by atoms with Crippen molar-refractivity contribution < 1.29 is 9.47 Å². The summed E-state index contributed by atoms with van der Waals surface area (Å²) in [7, 11) is 1.69. The summed E-state index contributed by atoms with van der Waals surface area (Å²) in [6.07, 6.45) is -0.0234. The molecule has 0 aromatic heterocycles. The number of hydrogen-bond donors (Lipinski definition) is 1. The first-order valence-corrected chi connectivity index (χ1v) is 6.42. The summed E-state index contributed by atoms with van der Waals surface area (Å²) in [4.78, 5) is 0. The van der Waals surface area contributed by atoms with Crippen molar-refractivity contribution in [2.75, 3.05) is 19.0 Å².